The van der Waals surface area contributed by atoms with E-state index in [0.29, 0.717) is 10.7 Å². The van der Waals surface area contributed by atoms with Crippen LogP contribution in [0.1, 0.15) is 29.2 Å². The number of carbonyl (C=O) groups is 2. The van der Waals surface area contributed by atoms with Crippen LogP contribution in [0.25, 0.3) is 0 Å². The molecule has 0 aliphatic carbocycles. The van der Waals surface area contributed by atoms with Crippen LogP contribution in [-0.2, 0) is 9.59 Å². The fourth-order valence-corrected chi connectivity index (χ4v) is 2.59. The Morgan fingerprint density at radius 2 is 1.67 bits per heavy atom. The molecule has 27 heavy (non-hydrogen) atoms. The van der Waals surface area contributed by atoms with Crippen LogP contribution in [0.3, 0.4) is 0 Å². The highest BCUT2D eigenvalue weighted by atomic mass is 35.5. The van der Waals surface area contributed by atoms with E-state index in [2.05, 4.69) is 10.6 Å². The van der Waals surface area contributed by atoms with Crippen molar-refractivity contribution in [3.8, 4) is 0 Å². The Balaban J connectivity index is 2.15. The molecule has 144 valence electrons. The van der Waals surface area contributed by atoms with Gasteiger partial charge in [0.1, 0.15) is 0 Å². The number of benzene rings is 2. The van der Waals surface area contributed by atoms with Crippen LogP contribution in [0.5, 0.6) is 0 Å². The van der Waals surface area contributed by atoms with E-state index >= 15 is 0 Å². The van der Waals surface area contributed by atoms with Gasteiger partial charge in [-0.05, 0) is 48.7 Å². The lowest BCUT2D eigenvalue weighted by Crippen LogP contribution is -2.39. The van der Waals surface area contributed by atoms with Crippen molar-refractivity contribution in [1.82, 2.24) is 5.32 Å². The molecule has 0 saturated heterocycles. The largest absolute Gasteiger partial charge is 0.391 e. The molecule has 2 aromatic carbocycles. The molecule has 1 unspecified atom stereocenters. The van der Waals surface area contributed by atoms with E-state index in [0.717, 1.165) is 11.1 Å². The molecule has 0 aromatic heterocycles. The summed E-state index contributed by atoms with van der Waals surface area (Å²) in [6, 6.07) is 9.34. The lowest BCUT2D eigenvalue weighted by molar-refractivity contribution is -0.146. The molecule has 4 nitrogen and oxygen atoms in total. The first-order valence-corrected chi connectivity index (χ1v) is 8.45. The zero-order valence-corrected chi connectivity index (χ0v) is 15.4. The lowest BCUT2D eigenvalue weighted by Gasteiger charge is -2.21. The van der Waals surface area contributed by atoms with E-state index in [-0.39, 0.29) is 5.56 Å². The Bertz CT molecular complexity index is 836. The predicted octanol–water partition coefficient (Wildman–Crippen LogP) is 4.71. The minimum absolute atomic E-state index is 0.199. The van der Waals surface area contributed by atoms with Gasteiger partial charge in [0.05, 0.1) is 12.5 Å². The highest BCUT2D eigenvalue weighted by Gasteiger charge is 2.34. The summed E-state index contributed by atoms with van der Waals surface area (Å²) in [5, 5.41) is 4.93. The SMILES string of the molecule is Cc1cccc(NC(=O)C(=O)NC(CC(F)(F)F)c2ccc(Cl)cc2)c1C. The van der Waals surface area contributed by atoms with E-state index < -0.39 is 30.5 Å². The van der Waals surface area contributed by atoms with Crippen molar-refractivity contribution < 1.29 is 22.8 Å². The average Bonchev–Trinajstić information content (AvgIpc) is 2.57. The summed E-state index contributed by atoms with van der Waals surface area (Å²) in [6.45, 7) is 3.61. The molecule has 0 bridgehead atoms. The number of rotatable bonds is 4. The van der Waals surface area contributed by atoms with Crippen LogP contribution in [0, 0.1) is 13.8 Å². The second-order valence-corrected chi connectivity index (χ2v) is 6.53. The summed E-state index contributed by atoms with van der Waals surface area (Å²) in [6.07, 6.45) is -5.84. The molecule has 2 rings (SSSR count). The zero-order chi connectivity index (χ0) is 20.2. The van der Waals surface area contributed by atoms with Crippen LogP contribution in [0.4, 0.5) is 18.9 Å². The van der Waals surface area contributed by atoms with E-state index in [1.807, 2.05) is 13.0 Å². The predicted molar refractivity (Wildman–Crippen MR) is 97.6 cm³/mol. The van der Waals surface area contributed by atoms with Gasteiger partial charge in [-0.15, -0.1) is 0 Å². The van der Waals surface area contributed by atoms with Crippen LogP contribution in [0.2, 0.25) is 5.02 Å². The number of alkyl halides is 3. The maximum Gasteiger partial charge on any atom is 0.391 e. The van der Waals surface area contributed by atoms with Gasteiger partial charge in [-0.2, -0.15) is 13.2 Å². The van der Waals surface area contributed by atoms with Crippen LogP contribution < -0.4 is 10.6 Å². The first-order valence-electron chi connectivity index (χ1n) is 8.07. The summed E-state index contributed by atoms with van der Waals surface area (Å²) < 4.78 is 38.7. The smallest absolute Gasteiger partial charge is 0.341 e. The minimum Gasteiger partial charge on any atom is -0.341 e. The van der Waals surface area contributed by atoms with Gasteiger partial charge in [0.25, 0.3) is 0 Å². The standard InChI is InChI=1S/C19H18ClF3N2O2/c1-11-4-3-5-15(12(11)2)24-17(26)18(27)25-16(10-19(21,22)23)13-6-8-14(20)9-7-13/h3-9,16H,10H2,1-2H3,(H,24,26)(H,25,27). The van der Waals surface area contributed by atoms with Gasteiger partial charge in [0, 0.05) is 10.7 Å². The summed E-state index contributed by atoms with van der Waals surface area (Å²) in [5.74, 6) is -2.19. The third-order valence-electron chi connectivity index (χ3n) is 4.07. The van der Waals surface area contributed by atoms with Gasteiger partial charge in [-0.1, -0.05) is 35.9 Å². The normalized spacial score (nSPS) is 12.4. The van der Waals surface area contributed by atoms with E-state index in [4.69, 9.17) is 11.6 Å². The van der Waals surface area contributed by atoms with E-state index in [1.165, 1.54) is 24.3 Å². The molecule has 2 amide bonds. The number of anilines is 1. The quantitative estimate of drug-likeness (QED) is 0.733. The third kappa shape index (κ3) is 5.99. The second-order valence-electron chi connectivity index (χ2n) is 6.10. The average molecular weight is 399 g/mol. The molecule has 2 N–H and O–H groups in total. The van der Waals surface area contributed by atoms with Crippen molar-refractivity contribution in [2.24, 2.45) is 0 Å². The van der Waals surface area contributed by atoms with E-state index in [9.17, 15) is 22.8 Å². The summed E-state index contributed by atoms with van der Waals surface area (Å²) in [5.41, 5.74) is 2.30. The van der Waals surface area contributed by atoms with Gasteiger partial charge in [0.15, 0.2) is 0 Å². The molecular formula is C19H18ClF3N2O2. The zero-order valence-electron chi connectivity index (χ0n) is 14.7. The summed E-state index contributed by atoms with van der Waals surface area (Å²) >= 11 is 5.75. The van der Waals surface area contributed by atoms with Gasteiger partial charge in [-0.25, -0.2) is 0 Å². The molecule has 0 saturated carbocycles. The Morgan fingerprint density at radius 3 is 2.26 bits per heavy atom. The van der Waals surface area contributed by atoms with Gasteiger partial charge in [0.2, 0.25) is 0 Å². The fraction of sp³-hybridized carbons (Fsp3) is 0.263. The number of halogens is 4. The Labute approximate surface area is 159 Å². The maximum atomic E-state index is 12.9. The molecule has 0 aliphatic heterocycles. The molecule has 2 aromatic rings. The van der Waals surface area contributed by atoms with Crippen molar-refractivity contribution in [2.45, 2.75) is 32.5 Å². The second kappa shape index (κ2) is 8.43. The Kier molecular flexibility index (Phi) is 6.49. The molecule has 0 fully saturated rings. The first kappa shape index (κ1) is 20.8. The van der Waals surface area contributed by atoms with Crippen molar-refractivity contribution in [1.29, 1.82) is 0 Å². The lowest BCUT2D eigenvalue weighted by atomic mass is 10.0. The number of carbonyl (C=O) groups excluding carboxylic acids is 2. The fourth-order valence-electron chi connectivity index (χ4n) is 2.47. The molecule has 1 atom stereocenters. The van der Waals surface area contributed by atoms with Crippen LogP contribution >= 0.6 is 11.6 Å². The van der Waals surface area contributed by atoms with Crippen molar-refractivity contribution in [3.05, 3.63) is 64.2 Å². The number of nitrogens with one attached hydrogen (secondary N) is 2. The molecule has 0 aliphatic rings. The number of amides is 2. The molecular weight excluding hydrogens is 381 g/mol. The number of hydrogen-bond acceptors (Lipinski definition) is 2. The summed E-state index contributed by atoms with van der Waals surface area (Å²) in [7, 11) is 0. The van der Waals surface area contributed by atoms with Crippen LogP contribution in [-0.4, -0.2) is 18.0 Å². The summed E-state index contributed by atoms with van der Waals surface area (Å²) in [4.78, 5) is 24.3. The Morgan fingerprint density at radius 1 is 1.04 bits per heavy atom. The molecule has 0 radical (unpaired) electrons. The first-order chi connectivity index (χ1) is 12.6. The van der Waals surface area contributed by atoms with Crippen molar-refractivity contribution >= 4 is 29.1 Å². The molecule has 0 spiro atoms. The van der Waals surface area contributed by atoms with Crippen molar-refractivity contribution in [2.75, 3.05) is 5.32 Å². The highest BCUT2D eigenvalue weighted by Crippen LogP contribution is 2.30. The number of aryl methyl sites for hydroxylation is 1. The molecule has 0 heterocycles. The van der Waals surface area contributed by atoms with E-state index in [1.54, 1.807) is 19.1 Å². The third-order valence-corrected chi connectivity index (χ3v) is 4.32. The minimum atomic E-state index is -4.53. The maximum absolute atomic E-state index is 12.9. The van der Waals surface area contributed by atoms with Crippen LogP contribution in [0.15, 0.2) is 42.5 Å². The van der Waals surface area contributed by atoms with Gasteiger partial charge >= 0.3 is 18.0 Å². The molecule has 8 heteroatoms. The van der Waals surface area contributed by atoms with Gasteiger partial charge < -0.3 is 10.6 Å². The topological polar surface area (TPSA) is 58.2 Å². The van der Waals surface area contributed by atoms with Crippen molar-refractivity contribution in [3.63, 3.8) is 0 Å². The monoisotopic (exact) mass is 398 g/mol. The highest BCUT2D eigenvalue weighted by molar-refractivity contribution is 6.39. The number of hydrogen-bond donors (Lipinski definition) is 2. The Hall–Kier alpha value is -2.54. The van der Waals surface area contributed by atoms with Gasteiger partial charge in [-0.3, -0.25) is 9.59 Å².